The van der Waals surface area contributed by atoms with Crippen molar-refractivity contribution in [1.29, 1.82) is 0 Å². The molecule has 0 saturated heterocycles. The molecule has 0 aliphatic carbocycles. The molecule has 12 heavy (non-hydrogen) atoms. The molecule has 0 aliphatic rings. The van der Waals surface area contributed by atoms with Gasteiger partial charge in [-0.05, 0) is 13.1 Å². The van der Waals surface area contributed by atoms with Gasteiger partial charge in [-0.3, -0.25) is 4.79 Å². The van der Waals surface area contributed by atoms with Gasteiger partial charge in [0.05, 0.1) is 6.61 Å². The van der Waals surface area contributed by atoms with Gasteiger partial charge in [0.2, 0.25) is 0 Å². The molecular weight excluding hydrogens is 172 g/mol. The Morgan fingerprint density at radius 1 is 1.42 bits per heavy atom. The standard InChI is InChI=1S/C8H18O3Si/c1-5-8(9)11-6-7-12(3,4)10-2/h5-7H2,1-4H3. The topological polar surface area (TPSA) is 35.5 Å². The molecule has 72 valence electrons. The van der Waals surface area contributed by atoms with E-state index in [-0.39, 0.29) is 5.97 Å². The van der Waals surface area contributed by atoms with E-state index in [1.165, 1.54) is 0 Å². The summed E-state index contributed by atoms with van der Waals surface area (Å²) in [4.78, 5) is 10.7. The minimum atomic E-state index is -1.53. The van der Waals surface area contributed by atoms with Gasteiger partial charge in [0.25, 0.3) is 0 Å². The minimum absolute atomic E-state index is 0.129. The Kier molecular flexibility index (Phi) is 5.16. The molecule has 0 radical (unpaired) electrons. The Labute approximate surface area is 75.2 Å². The van der Waals surface area contributed by atoms with Crippen molar-refractivity contribution in [1.82, 2.24) is 0 Å². The Bertz CT molecular complexity index is 145. The molecule has 0 N–H and O–H groups in total. The SMILES string of the molecule is CCC(=O)OCC[Si](C)(C)OC. The van der Waals surface area contributed by atoms with Crippen molar-refractivity contribution in [2.24, 2.45) is 0 Å². The Hall–Kier alpha value is -0.353. The van der Waals surface area contributed by atoms with E-state index in [2.05, 4.69) is 13.1 Å². The number of hydrogen-bond donors (Lipinski definition) is 0. The molecule has 3 nitrogen and oxygen atoms in total. The molecule has 0 aromatic heterocycles. The van der Waals surface area contributed by atoms with Crippen molar-refractivity contribution >= 4 is 14.3 Å². The summed E-state index contributed by atoms with van der Waals surface area (Å²) in [5.74, 6) is -0.129. The van der Waals surface area contributed by atoms with Crippen molar-refractivity contribution in [3.05, 3.63) is 0 Å². The third-order valence-electron chi connectivity index (χ3n) is 1.81. The van der Waals surface area contributed by atoms with Crippen LogP contribution in [0, 0.1) is 0 Å². The van der Waals surface area contributed by atoms with Crippen LogP contribution in [0.5, 0.6) is 0 Å². The average molecular weight is 190 g/mol. The van der Waals surface area contributed by atoms with Gasteiger partial charge in [-0.25, -0.2) is 0 Å². The van der Waals surface area contributed by atoms with E-state index in [1.54, 1.807) is 14.0 Å². The van der Waals surface area contributed by atoms with Crippen LogP contribution in [0.15, 0.2) is 0 Å². The Morgan fingerprint density at radius 3 is 2.42 bits per heavy atom. The lowest BCUT2D eigenvalue weighted by Gasteiger charge is -2.19. The van der Waals surface area contributed by atoms with E-state index >= 15 is 0 Å². The molecule has 0 unspecified atom stereocenters. The van der Waals surface area contributed by atoms with Crippen LogP contribution in [0.4, 0.5) is 0 Å². The largest absolute Gasteiger partial charge is 0.466 e. The first-order chi connectivity index (χ1) is 5.52. The summed E-state index contributed by atoms with van der Waals surface area (Å²) >= 11 is 0. The van der Waals surface area contributed by atoms with Crippen molar-refractivity contribution in [3.63, 3.8) is 0 Å². The molecule has 0 heterocycles. The van der Waals surface area contributed by atoms with Crippen LogP contribution in [0.2, 0.25) is 19.1 Å². The zero-order chi connectivity index (χ0) is 9.61. The van der Waals surface area contributed by atoms with Crippen LogP contribution in [0.3, 0.4) is 0 Å². The number of carbonyl (C=O) groups is 1. The zero-order valence-electron chi connectivity index (χ0n) is 8.35. The predicted molar refractivity (Wildman–Crippen MR) is 50.5 cm³/mol. The van der Waals surface area contributed by atoms with Gasteiger partial charge < -0.3 is 9.16 Å². The van der Waals surface area contributed by atoms with E-state index in [0.717, 1.165) is 6.04 Å². The first kappa shape index (κ1) is 11.6. The van der Waals surface area contributed by atoms with Crippen LogP contribution in [0.1, 0.15) is 13.3 Å². The van der Waals surface area contributed by atoms with Crippen LogP contribution >= 0.6 is 0 Å². The predicted octanol–water partition coefficient (Wildman–Crippen LogP) is 1.79. The number of ether oxygens (including phenoxy) is 1. The van der Waals surface area contributed by atoms with Gasteiger partial charge in [0, 0.05) is 19.6 Å². The number of esters is 1. The summed E-state index contributed by atoms with van der Waals surface area (Å²) in [5, 5.41) is 0. The maximum absolute atomic E-state index is 10.7. The Morgan fingerprint density at radius 2 is 2.00 bits per heavy atom. The van der Waals surface area contributed by atoms with Crippen molar-refractivity contribution in [2.45, 2.75) is 32.5 Å². The highest BCUT2D eigenvalue weighted by atomic mass is 28.4. The summed E-state index contributed by atoms with van der Waals surface area (Å²) in [7, 11) is 0.182. The molecule has 0 spiro atoms. The van der Waals surface area contributed by atoms with Crippen LogP contribution in [-0.4, -0.2) is 28.0 Å². The maximum Gasteiger partial charge on any atom is 0.305 e. The number of carbonyl (C=O) groups excluding carboxylic acids is 1. The molecule has 0 saturated carbocycles. The van der Waals surface area contributed by atoms with Gasteiger partial charge in [-0.1, -0.05) is 6.92 Å². The monoisotopic (exact) mass is 190 g/mol. The van der Waals surface area contributed by atoms with Crippen LogP contribution < -0.4 is 0 Å². The minimum Gasteiger partial charge on any atom is -0.466 e. The highest BCUT2D eigenvalue weighted by Gasteiger charge is 2.20. The maximum atomic E-state index is 10.7. The van der Waals surface area contributed by atoms with Gasteiger partial charge in [-0.15, -0.1) is 0 Å². The average Bonchev–Trinajstić information content (AvgIpc) is 2.04. The number of rotatable bonds is 5. The second-order valence-corrected chi connectivity index (χ2v) is 7.72. The quantitative estimate of drug-likeness (QED) is 0.490. The second-order valence-electron chi connectivity index (χ2n) is 3.29. The van der Waals surface area contributed by atoms with Gasteiger partial charge in [0.15, 0.2) is 8.32 Å². The zero-order valence-corrected chi connectivity index (χ0v) is 9.35. The summed E-state index contributed by atoms with van der Waals surface area (Å²) in [6.07, 6.45) is 0.453. The highest BCUT2D eigenvalue weighted by Crippen LogP contribution is 2.09. The molecular formula is C8H18O3Si. The van der Waals surface area contributed by atoms with E-state index < -0.39 is 8.32 Å². The van der Waals surface area contributed by atoms with E-state index in [1.807, 2.05) is 0 Å². The summed E-state index contributed by atoms with van der Waals surface area (Å²) < 4.78 is 10.2. The normalized spacial score (nSPS) is 11.3. The summed E-state index contributed by atoms with van der Waals surface area (Å²) in [6.45, 7) is 6.50. The fourth-order valence-corrected chi connectivity index (χ4v) is 1.41. The lowest BCUT2D eigenvalue weighted by atomic mass is 10.5. The highest BCUT2D eigenvalue weighted by molar-refractivity contribution is 6.71. The van der Waals surface area contributed by atoms with Crippen molar-refractivity contribution in [3.8, 4) is 0 Å². The lowest BCUT2D eigenvalue weighted by Crippen LogP contribution is -2.30. The van der Waals surface area contributed by atoms with E-state index in [4.69, 9.17) is 9.16 Å². The first-order valence-corrected chi connectivity index (χ1v) is 7.34. The third kappa shape index (κ3) is 5.32. The fourth-order valence-electron chi connectivity index (χ4n) is 0.615. The molecule has 0 aliphatic heterocycles. The number of hydrogen-bond acceptors (Lipinski definition) is 3. The van der Waals surface area contributed by atoms with Gasteiger partial charge in [0.1, 0.15) is 0 Å². The lowest BCUT2D eigenvalue weighted by molar-refractivity contribution is -0.142. The fraction of sp³-hybridized carbons (Fsp3) is 0.875. The van der Waals surface area contributed by atoms with Crippen molar-refractivity contribution < 1.29 is 14.0 Å². The van der Waals surface area contributed by atoms with Crippen molar-refractivity contribution in [2.75, 3.05) is 13.7 Å². The molecule has 0 fully saturated rings. The molecule has 0 atom stereocenters. The molecule has 4 heteroatoms. The smallest absolute Gasteiger partial charge is 0.305 e. The molecule has 0 aromatic carbocycles. The van der Waals surface area contributed by atoms with Gasteiger partial charge in [-0.2, -0.15) is 0 Å². The first-order valence-electron chi connectivity index (χ1n) is 4.22. The third-order valence-corrected chi connectivity index (χ3v) is 4.32. The van der Waals surface area contributed by atoms with Gasteiger partial charge >= 0.3 is 5.97 Å². The van der Waals surface area contributed by atoms with E-state index in [0.29, 0.717) is 13.0 Å². The van der Waals surface area contributed by atoms with Crippen LogP contribution in [-0.2, 0) is 14.0 Å². The van der Waals surface area contributed by atoms with E-state index in [9.17, 15) is 4.79 Å². The second kappa shape index (κ2) is 5.32. The molecule has 0 amide bonds. The summed E-state index contributed by atoms with van der Waals surface area (Å²) in [6, 6.07) is 0.870. The Balaban J connectivity index is 3.49. The summed E-state index contributed by atoms with van der Waals surface area (Å²) in [5.41, 5.74) is 0. The van der Waals surface area contributed by atoms with Crippen LogP contribution in [0.25, 0.3) is 0 Å². The molecule has 0 aromatic rings. The molecule has 0 bridgehead atoms. The molecule has 0 rings (SSSR count).